The van der Waals surface area contributed by atoms with Crippen LogP contribution >= 0.6 is 0 Å². The minimum absolute atomic E-state index is 0.434. The molecule has 0 bridgehead atoms. The second kappa shape index (κ2) is 5.66. The van der Waals surface area contributed by atoms with Crippen LogP contribution < -0.4 is 5.32 Å². The number of hydrogen-bond donors (Lipinski definition) is 1. The molecule has 0 aliphatic rings. The molecule has 4 nitrogen and oxygen atoms in total. The lowest BCUT2D eigenvalue weighted by Crippen LogP contribution is -2.23. The van der Waals surface area contributed by atoms with E-state index in [9.17, 15) is 0 Å². The lowest BCUT2D eigenvalue weighted by Gasteiger charge is -2.13. The Morgan fingerprint density at radius 3 is 2.76 bits per heavy atom. The summed E-state index contributed by atoms with van der Waals surface area (Å²) < 4.78 is 1.86. The fourth-order valence-electron chi connectivity index (χ4n) is 2.32. The Morgan fingerprint density at radius 1 is 1.24 bits per heavy atom. The van der Waals surface area contributed by atoms with Crippen molar-refractivity contribution in [1.29, 1.82) is 0 Å². The molecule has 2 heterocycles. The number of aromatic nitrogens is 3. The summed E-state index contributed by atoms with van der Waals surface area (Å²) in [6, 6.07) is 10.8. The van der Waals surface area contributed by atoms with Gasteiger partial charge in [-0.25, -0.2) is 9.67 Å². The first-order valence-electron chi connectivity index (χ1n) is 7.27. The third-order valence-corrected chi connectivity index (χ3v) is 3.41. The van der Waals surface area contributed by atoms with Crippen molar-refractivity contribution in [1.82, 2.24) is 20.1 Å². The van der Waals surface area contributed by atoms with Crippen LogP contribution in [0.4, 0.5) is 0 Å². The molecule has 0 saturated carbocycles. The maximum Gasteiger partial charge on any atom is 0.158 e. The molecule has 0 unspecified atom stereocenters. The molecular weight excluding hydrogens is 260 g/mol. The topological polar surface area (TPSA) is 42.7 Å². The molecule has 3 aromatic rings. The lowest BCUT2D eigenvalue weighted by atomic mass is 10.1. The standard InChI is InChI=1S/C17H20N4/c1-12(2)18-10-15-8-14-6-4-5-7-16(14)20-17(15)21-11-13(3)9-19-21/h4-9,11-12,18H,10H2,1-3H3. The van der Waals surface area contributed by atoms with Gasteiger partial charge in [-0.05, 0) is 24.6 Å². The highest BCUT2D eigenvalue weighted by Gasteiger charge is 2.10. The quantitative estimate of drug-likeness (QED) is 0.798. The molecule has 2 aromatic heterocycles. The SMILES string of the molecule is Cc1cnn(-c2nc3ccccc3cc2CNC(C)C)c1. The van der Waals surface area contributed by atoms with Gasteiger partial charge in [-0.1, -0.05) is 32.0 Å². The average Bonchev–Trinajstić information content (AvgIpc) is 2.90. The van der Waals surface area contributed by atoms with E-state index in [0.717, 1.165) is 34.4 Å². The number of benzene rings is 1. The molecule has 0 radical (unpaired) electrons. The fraction of sp³-hybridized carbons (Fsp3) is 0.294. The highest BCUT2D eigenvalue weighted by atomic mass is 15.3. The Kier molecular flexibility index (Phi) is 3.71. The fourth-order valence-corrected chi connectivity index (χ4v) is 2.32. The molecule has 3 rings (SSSR count). The number of nitrogens with zero attached hydrogens (tertiary/aromatic N) is 3. The van der Waals surface area contributed by atoms with Crippen LogP contribution in [0.5, 0.6) is 0 Å². The Hall–Kier alpha value is -2.20. The van der Waals surface area contributed by atoms with E-state index < -0.39 is 0 Å². The van der Waals surface area contributed by atoms with Crippen LogP contribution in [0, 0.1) is 6.92 Å². The molecule has 0 spiro atoms. The first kappa shape index (κ1) is 13.8. The first-order chi connectivity index (χ1) is 10.1. The molecule has 0 aliphatic carbocycles. The van der Waals surface area contributed by atoms with Crippen molar-refractivity contribution < 1.29 is 0 Å². The van der Waals surface area contributed by atoms with Crippen LogP contribution in [0.15, 0.2) is 42.7 Å². The van der Waals surface area contributed by atoms with Gasteiger partial charge >= 0.3 is 0 Å². The molecule has 4 heteroatoms. The summed E-state index contributed by atoms with van der Waals surface area (Å²) in [6.45, 7) is 7.11. The smallest absolute Gasteiger partial charge is 0.158 e. The van der Waals surface area contributed by atoms with Crippen molar-refractivity contribution in [3.8, 4) is 5.82 Å². The molecule has 0 fully saturated rings. The molecule has 108 valence electrons. The van der Waals surface area contributed by atoms with Crippen LogP contribution in [0.1, 0.15) is 25.0 Å². The van der Waals surface area contributed by atoms with Gasteiger partial charge in [0.15, 0.2) is 5.82 Å². The van der Waals surface area contributed by atoms with Gasteiger partial charge in [0, 0.05) is 29.7 Å². The minimum Gasteiger partial charge on any atom is -0.310 e. The van der Waals surface area contributed by atoms with E-state index >= 15 is 0 Å². The van der Waals surface area contributed by atoms with Gasteiger partial charge in [-0.15, -0.1) is 0 Å². The van der Waals surface area contributed by atoms with Crippen molar-refractivity contribution in [3.05, 3.63) is 53.9 Å². The van der Waals surface area contributed by atoms with Crippen molar-refractivity contribution in [2.75, 3.05) is 0 Å². The highest BCUT2D eigenvalue weighted by molar-refractivity contribution is 5.80. The summed E-state index contributed by atoms with van der Waals surface area (Å²) in [5.41, 5.74) is 3.28. The predicted molar refractivity (Wildman–Crippen MR) is 85.6 cm³/mol. The van der Waals surface area contributed by atoms with E-state index in [2.05, 4.69) is 36.4 Å². The van der Waals surface area contributed by atoms with Gasteiger partial charge in [-0.2, -0.15) is 5.10 Å². The van der Waals surface area contributed by atoms with E-state index in [4.69, 9.17) is 4.98 Å². The second-order valence-corrected chi connectivity index (χ2v) is 5.66. The zero-order valence-electron chi connectivity index (χ0n) is 12.7. The number of fused-ring (bicyclic) bond motifs is 1. The number of hydrogen-bond acceptors (Lipinski definition) is 3. The second-order valence-electron chi connectivity index (χ2n) is 5.66. The summed E-state index contributed by atoms with van der Waals surface area (Å²) >= 11 is 0. The highest BCUT2D eigenvalue weighted by Crippen LogP contribution is 2.20. The molecule has 0 saturated heterocycles. The zero-order valence-corrected chi connectivity index (χ0v) is 12.7. The molecule has 0 atom stereocenters. The number of rotatable bonds is 4. The number of aryl methyl sites for hydroxylation is 1. The Balaban J connectivity index is 2.11. The van der Waals surface area contributed by atoms with E-state index in [1.807, 2.05) is 42.2 Å². The molecular formula is C17H20N4. The Bertz CT molecular complexity index is 758. The van der Waals surface area contributed by atoms with Gasteiger partial charge < -0.3 is 5.32 Å². The largest absolute Gasteiger partial charge is 0.310 e. The van der Waals surface area contributed by atoms with Gasteiger partial charge in [0.2, 0.25) is 0 Å². The lowest BCUT2D eigenvalue weighted by molar-refractivity contribution is 0.585. The monoisotopic (exact) mass is 280 g/mol. The summed E-state index contributed by atoms with van der Waals surface area (Å²) in [6.07, 6.45) is 3.87. The minimum atomic E-state index is 0.434. The molecule has 1 aromatic carbocycles. The van der Waals surface area contributed by atoms with Crippen molar-refractivity contribution in [2.24, 2.45) is 0 Å². The van der Waals surface area contributed by atoms with E-state index in [1.54, 1.807) is 0 Å². The van der Waals surface area contributed by atoms with Gasteiger partial charge in [0.05, 0.1) is 11.7 Å². The predicted octanol–water partition coefficient (Wildman–Crippen LogP) is 3.23. The van der Waals surface area contributed by atoms with Gasteiger partial charge in [-0.3, -0.25) is 0 Å². The summed E-state index contributed by atoms with van der Waals surface area (Å²) in [7, 11) is 0. The summed E-state index contributed by atoms with van der Waals surface area (Å²) in [5, 5.41) is 9.03. The molecule has 1 N–H and O–H groups in total. The Labute approximate surface area is 124 Å². The van der Waals surface area contributed by atoms with Crippen molar-refractivity contribution in [3.63, 3.8) is 0 Å². The third kappa shape index (κ3) is 2.95. The zero-order chi connectivity index (χ0) is 14.8. The average molecular weight is 280 g/mol. The van der Waals surface area contributed by atoms with E-state index in [1.165, 1.54) is 0 Å². The van der Waals surface area contributed by atoms with Crippen LogP contribution in [-0.2, 0) is 6.54 Å². The Morgan fingerprint density at radius 2 is 2.05 bits per heavy atom. The van der Waals surface area contributed by atoms with E-state index in [-0.39, 0.29) is 0 Å². The van der Waals surface area contributed by atoms with Crippen LogP contribution in [0.2, 0.25) is 0 Å². The summed E-state index contributed by atoms with van der Waals surface area (Å²) in [5.74, 6) is 0.898. The number of nitrogens with one attached hydrogen (secondary N) is 1. The summed E-state index contributed by atoms with van der Waals surface area (Å²) in [4.78, 5) is 4.80. The van der Waals surface area contributed by atoms with Crippen molar-refractivity contribution in [2.45, 2.75) is 33.4 Å². The number of pyridine rings is 1. The van der Waals surface area contributed by atoms with Crippen molar-refractivity contribution >= 4 is 10.9 Å². The van der Waals surface area contributed by atoms with Crippen LogP contribution in [0.3, 0.4) is 0 Å². The third-order valence-electron chi connectivity index (χ3n) is 3.41. The maximum atomic E-state index is 4.80. The van der Waals surface area contributed by atoms with Gasteiger partial charge in [0.1, 0.15) is 0 Å². The molecule has 0 aliphatic heterocycles. The first-order valence-corrected chi connectivity index (χ1v) is 7.27. The van der Waals surface area contributed by atoms with Crippen LogP contribution in [-0.4, -0.2) is 20.8 Å². The number of para-hydroxylation sites is 1. The molecule has 21 heavy (non-hydrogen) atoms. The van der Waals surface area contributed by atoms with Gasteiger partial charge in [0.25, 0.3) is 0 Å². The molecule has 0 amide bonds. The maximum absolute atomic E-state index is 4.80. The van der Waals surface area contributed by atoms with Crippen LogP contribution in [0.25, 0.3) is 16.7 Å². The normalized spacial score (nSPS) is 11.4. The van der Waals surface area contributed by atoms with E-state index in [0.29, 0.717) is 6.04 Å².